The van der Waals surface area contributed by atoms with Crippen LogP contribution >= 0.6 is 0 Å². The SMILES string of the molecule is COCCN(C)[C@]1(c2ccccc2)CC[C@]2(CC1)CN(Cc1ccc(OC)cc1)C(=O)N2CC1CCC1. The number of urea groups is 1. The molecule has 2 aromatic rings. The molecule has 3 aliphatic rings. The monoisotopic (exact) mass is 505 g/mol. The number of nitrogens with zero attached hydrogens (tertiary/aromatic N) is 3. The summed E-state index contributed by atoms with van der Waals surface area (Å²) in [5.41, 5.74) is 2.43. The molecule has 1 spiro atoms. The lowest BCUT2D eigenvalue weighted by molar-refractivity contribution is -0.00431. The maximum Gasteiger partial charge on any atom is 0.320 e. The lowest BCUT2D eigenvalue weighted by Crippen LogP contribution is -2.57. The van der Waals surface area contributed by atoms with Gasteiger partial charge in [-0.05, 0) is 74.8 Å². The third-order valence-electron chi connectivity index (χ3n) is 9.44. The molecule has 6 nitrogen and oxygen atoms in total. The molecule has 0 atom stereocenters. The lowest BCUT2D eigenvalue weighted by Gasteiger charge is -2.52. The molecular weight excluding hydrogens is 462 g/mol. The second-order valence-corrected chi connectivity index (χ2v) is 11.4. The maximum absolute atomic E-state index is 13.9. The molecule has 0 aromatic heterocycles. The first-order valence-electron chi connectivity index (χ1n) is 13.9. The number of hydrogen-bond acceptors (Lipinski definition) is 4. The first-order chi connectivity index (χ1) is 18.0. The van der Waals surface area contributed by atoms with Crippen molar-refractivity contribution in [2.24, 2.45) is 5.92 Å². The fourth-order valence-electron chi connectivity index (χ4n) is 6.80. The van der Waals surface area contributed by atoms with Gasteiger partial charge in [-0.2, -0.15) is 0 Å². The van der Waals surface area contributed by atoms with Gasteiger partial charge in [0.2, 0.25) is 0 Å². The van der Waals surface area contributed by atoms with E-state index in [-0.39, 0.29) is 17.1 Å². The summed E-state index contributed by atoms with van der Waals surface area (Å²) in [4.78, 5) is 20.8. The smallest absolute Gasteiger partial charge is 0.320 e. The molecule has 1 heterocycles. The normalized spacial score (nSPS) is 26.2. The molecule has 0 bridgehead atoms. The van der Waals surface area contributed by atoms with Crippen LogP contribution in [0.15, 0.2) is 54.6 Å². The highest BCUT2D eigenvalue weighted by atomic mass is 16.5. The van der Waals surface area contributed by atoms with E-state index in [4.69, 9.17) is 9.47 Å². The Labute approximate surface area is 222 Å². The van der Waals surface area contributed by atoms with Crippen molar-refractivity contribution < 1.29 is 14.3 Å². The average Bonchev–Trinajstić information content (AvgIpc) is 3.15. The van der Waals surface area contributed by atoms with Crippen LogP contribution in [-0.4, -0.2) is 73.8 Å². The molecule has 2 aromatic carbocycles. The van der Waals surface area contributed by atoms with Crippen LogP contribution in [0.2, 0.25) is 0 Å². The van der Waals surface area contributed by atoms with Gasteiger partial charge in [-0.3, -0.25) is 4.90 Å². The Hall–Kier alpha value is -2.57. The van der Waals surface area contributed by atoms with Gasteiger partial charge in [0.05, 0.1) is 19.3 Å². The van der Waals surface area contributed by atoms with Gasteiger partial charge in [0, 0.05) is 38.8 Å². The summed E-state index contributed by atoms with van der Waals surface area (Å²) in [5.74, 6) is 1.51. The van der Waals surface area contributed by atoms with Crippen molar-refractivity contribution in [2.45, 2.75) is 62.6 Å². The Kier molecular flexibility index (Phi) is 7.77. The minimum absolute atomic E-state index is 0.0281. The van der Waals surface area contributed by atoms with Gasteiger partial charge in [-0.15, -0.1) is 0 Å². The molecule has 0 N–H and O–H groups in total. The Balaban J connectivity index is 1.39. The summed E-state index contributed by atoms with van der Waals surface area (Å²) in [6.07, 6.45) is 7.95. The second-order valence-electron chi connectivity index (χ2n) is 11.4. The van der Waals surface area contributed by atoms with Gasteiger partial charge >= 0.3 is 6.03 Å². The zero-order valence-electron chi connectivity index (χ0n) is 22.8. The Morgan fingerprint density at radius 2 is 1.68 bits per heavy atom. The van der Waals surface area contributed by atoms with Gasteiger partial charge in [-0.25, -0.2) is 4.79 Å². The standard InChI is InChI=1S/C31H43N3O3/c1-32(20-21-36-2)31(27-10-5-4-6-11-27)18-16-30(17-19-31)24-33(22-26-12-14-28(37-3)15-13-26)29(35)34(30)23-25-8-7-9-25/h4-6,10-15,25H,7-9,16-24H2,1-3H3/t30-,31+. The zero-order chi connectivity index (χ0) is 25.9. The molecule has 2 aliphatic carbocycles. The van der Waals surface area contributed by atoms with Gasteiger partial charge in [0.1, 0.15) is 5.75 Å². The highest BCUT2D eigenvalue weighted by molar-refractivity contribution is 5.78. The molecule has 37 heavy (non-hydrogen) atoms. The molecule has 200 valence electrons. The number of rotatable bonds is 10. The molecule has 5 rings (SSSR count). The third kappa shape index (κ3) is 5.10. The Morgan fingerprint density at radius 3 is 2.27 bits per heavy atom. The highest BCUT2D eigenvalue weighted by Crippen LogP contribution is 2.50. The Bertz CT molecular complexity index is 1030. The summed E-state index contributed by atoms with van der Waals surface area (Å²) >= 11 is 0. The number of benzene rings is 2. The van der Waals surface area contributed by atoms with Crippen molar-refractivity contribution in [3.63, 3.8) is 0 Å². The van der Waals surface area contributed by atoms with Crippen molar-refractivity contribution in [2.75, 3.05) is 47.5 Å². The average molecular weight is 506 g/mol. The summed E-state index contributed by atoms with van der Waals surface area (Å²) in [7, 11) is 5.71. The molecule has 1 aliphatic heterocycles. The van der Waals surface area contributed by atoms with Gasteiger partial charge in [-0.1, -0.05) is 48.9 Å². The molecule has 3 fully saturated rings. The van der Waals surface area contributed by atoms with Crippen molar-refractivity contribution in [1.82, 2.24) is 14.7 Å². The zero-order valence-corrected chi connectivity index (χ0v) is 22.8. The van der Waals surface area contributed by atoms with E-state index in [0.29, 0.717) is 12.5 Å². The van der Waals surface area contributed by atoms with Crippen molar-refractivity contribution in [3.8, 4) is 5.75 Å². The van der Waals surface area contributed by atoms with Crippen molar-refractivity contribution in [1.29, 1.82) is 0 Å². The van der Waals surface area contributed by atoms with Gasteiger partial charge < -0.3 is 19.3 Å². The summed E-state index contributed by atoms with van der Waals surface area (Å²) in [6, 6.07) is 19.3. The van der Waals surface area contributed by atoms with E-state index in [0.717, 1.165) is 63.2 Å². The van der Waals surface area contributed by atoms with Crippen LogP contribution in [0.5, 0.6) is 5.75 Å². The lowest BCUT2D eigenvalue weighted by atomic mass is 9.67. The van der Waals surface area contributed by atoms with Crippen molar-refractivity contribution >= 4 is 6.03 Å². The fraction of sp³-hybridized carbons (Fsp3) is 0.581. The van der Waals surface area contributed by atoms with E-state index >= 15 is 0 Å². The van der Waals surface area contributed by atoms with E-state index in [1.54, 1.807) is 14.2 Å². The molecular formula is C31H43N3O3. The molecule has 1 saturated heterocycles. The first kappa shape index (κ1) is 26.1. The molecule has 2 amide bonds. The quantitative estimate of drug-likeness (QED) is 0.427. The van der Waals surface area contributed by atoms with E-state index in [1.807, 2.05) is 12.1 Å². The van der Waals surface area contributed by atoms with E-state index in [2.05, 4.69) is 64.2 Å². The highest BCUT2D eigenvalue weighted by Gasteiger charge is 2.55. The molecule has 2 saturated carbocycles. The van der Waals surface area contributed by atoms with Gasteiger partial charge in [0.15, 0.2) is 0 Å². The number of methoxy groups -OCH3 is 2. The Morgan fingerprint density at radius 1 is 0.973 bits per heavy atom. The first-order valence-corrected chi connectivity index (χ1v) is 13.9. The number of amides is 2. The summed E-state index contributed by atoms with van der Waals surface area (Å²) in [6.45, 7) is 4.00. The molecule has 0 radical (unpaired) electrons. The topological polar surface area (TPSA) is 45.3 Å². The minimum Gasteiger partial charge on any atom is -0.497 e. The predicted molar refractivity (Wildman–Crippen MR) is 147 cm³/mol. The number of carbonyl (C=O) groups is 1. The van der Waals surface area contributed by atoms with Crippen LogP contribution in [0.4, 0.5) is 4.79 Å². The molecule has 0 unspecified atom stereocenters. The predicted octanol–water partition coefficient (Wildman–Crippen LogP) is 5.52. The van der Waals surface area contributed by atoms with E-state index in [1.165, 1.54) is 24.8 Å². The van der Waals surface area contributed by atoms with Crippen LogP contribution in [0.3, 0.4) is 0 Å². The fourth-order valence-corrected chi connectivity index (χ4v) is 6.80. The number of hydrogen-bond donors (Lipinski definition) is 0. The van der Waals surface area contributed by atoms with Crippen LogP contribution in [0.1, 0.15) is 56.1 Å². The van der Waals surface area contributed by atoms with Crippen molar-refractivity contribution in [3.05, 3.63) is 65.7 Å². The summed E-state index contributed by atoms with van der Waals surface area (Å²) in [5, 5.41) is 0. The number of likely N-dealkylation sites (N-methyl/N-ethyl adjacent to an activating group) is 1. The number of ether oxygens (including phenoxy) is 2. The second kappa shape index (κ2) is 11.0. The van der Waals surface area contributed by atoms with Crippen LogP contribution < -0.4 is 4.74 Å². The third-order valence-corrected chi connectivity index (χ3v) is 9.44. The van der Waals surface area contributed by atoms with Crippen LogP contribution in [0.25, 0.3) is 0 Å². The number of carbonyl (C=O) groups excluding carboxylic acids is 1. The van der Waals surface area contributed by atoms with E-state index in [9.17, 15) is 4.79 Å². The largest absolute Gasteiger partial charge is 0.497 e. The molecule has 6 heteroatoms. The minimum atomic E-state index is -0.0838. The summed E-state index contributed by atoms with van der Waals surface area (Å²) < 4.78 is 10.8. The van der Waals surface area contributed by atoms with E-state index < -0.39 is 0 Å². The van der Waals surface area contributed by atoms with Gasteiger partial charge in [0.25, 0.3) is 0 Å². The van der Waals surface area contributed by atoms with Crippen LogP contribution in [-0.2, 0) is 16.8 Å². The maximum atomic E-state index is 13.9. The van der Waals surface area contributed by atoms with Crippen LogP contribution in [0, 0.1) is 5.92 Å².